The quantitative estimate of drug-likeness (QED) is 0.884. The van der Waals surface area contributed by atoms with Crippen LogP contribution in [0, 0.1) is 0 Å². The van der Waals surface area contributed by atoms with Crippen molar-refractivity contribution in [3.8, 4) is 5.75 Å². The van der Waals surface area contributed by atoms with E-state index >= 15 is 0 Å². The van der Waals surface area contributed by atoms with E-state index in [1.54, 1.807) is 7.11 Å². The van der Waals surface area contributed by atoms with E-state index in [1.807, 2.05) is 37.5 Å². The van der Waals surface area contributed by atoms with E-state index in [2.05, 4.69) is 22.5 Å². The van der Waals surface area contributed by atoms with Crippen LogP contribution < -0.4 is 10.1 Å². The van der Waals surface area contributed by atoms with Gasteiger partial charge in [-0.3, -0.25) is 0 Å². The van der Waals surface area contributed by atoms with E-state index in [1.165, 1.54) is 11.1 Å². The molecule has 0 aliphatic carbocycles. The van der Waals surface area contributed by atoms with Gasteiger partial charge in [0, 0.05) is 13.2 Å². The number of nitrogens with one attached hydrogen (secondary N) is 1. The highest BCUT2D eigenvalue weighted by Gasteiger charge is 2.06. The zero-order valence-corrected chi connectivity index (χ0v) is 10.8. The van der Waals surface area contributed by atoms with Crippen molar-refractivity contribution in [2.45, 2.75) is 12.8 Å². The van der Waals surface area contributed by atoms with Gasteiger partial charge in [0.15, 0.2) is 0 Å². The molecule has 0 amide bonds. The summed E-state index contributed by atoms with van der Waals surface area (Å²) in [4.78, 5) is 4.39. The molecule has 1 aromatic rings. The molecule has 1 aromatic carbocycles. The second-order valence-electron chi connectivity index (χ2n) is 4.15. The maximum Gasteiger partial charge on any atom is 0.125 e. The van der Waals surface area contributed by atoms with Gasteiger partial charge in [0.25, 0.3) is 0 Å². The fourth-order valence-electron chi connectivity index (χ4n) is 1.94. The van der Waals surface area contributed by atoms with Gasteiger partial charge in [-0.2, -0.15) is 0 Å². The molecule has 2 rings (SSSR count). The molecule has 3 nitrogen and oxygen atoms in total. The van der Waals surface area contributed by atoms with Crippen molar-refractivity contribution in [1.82, 2.24) is 5.32 Å². The summed E-state index contributed by atoms with van der Waals surface area (Å²) < 4.78 is 5.37. The molecule has 3 heteroatoms. The summed E-state index contributed by atoms with van der Waals surface area (Å²) in [5.74, 6) is 1.83. The number of likely N-dealkylation sites (N-methyl/N-ethyl adjacent to an activating group) is 1. The second kappa shape index (κ2) is 6.05. The zero-order chi connectivity index (χ0) is 12.8. The molecule has 1 aliphatic rings. The standard InChI is InChI=1S/C15H18N2O/c1-16-15-9-5-6-12(11-17-15)10-13-7-3-4-8-14(13)18-2/h3-5,7-9,11H,6,10H2,1-2H3,(H,16,17). The lowest BCUT2D eigenvalue weighted by Crippen LogP contribution is -2.14. The molecule has 1 aliphatic heterocycles. The number of rotatable bonds is 3. The topological polar surface area (TPSA) is 33.6 Å². The summed E-state index contributed by atoms with van der Waals surface area (Å²) in [7, 11) is 3.58. The van der Waals surface area contributed by atoms with Crippen LogP contribution in [0.25, 0.3) is 0 Å². The average molecular weight is 242 g/mol. The summed E-state index contributed by atoms with van der Waals surface area (Å²) >= 11 is 0. The van der Waals surface area contributed by atoms with Crippen molar-refractivity contribution in [1.29, 1.82) is 0 Å². The fourth-order valence-corrected chi connectivity index (χ4v) is 1.94. The summed E-state index contributed by atoms with van der Waals surface area (Å²) in [6, 6.07) is 8.11. The smallest absolute Gasteiger partial charge is 0.125 e. The largest absolute Gasteiger partial charge is 0.496 e. The van der Waals surface area contributed by atoms with Gasteiger partial charge in [0.1, 0.15) is 11.6 Å². The molecule has 0 saturated heterocycles. The van der Waals surface area contributed by atoms with Crippen LogP contribution in [0.5, 0.6) is 5.75 Å². The molecule has 18 heavy (non-hydrogen) atoms. The maximum atomic E-state index is 5.37. The van der Waals surface area contributed by atoms with E-state index in [0.29, 0.717) is 0 Å². The number of para-hydroxylation sites is 1. The Hall–Kier alpha value is -2.03. The van der Waals surface area contributed by atoms with Crippen LogP contribution in [0.15, 0.2) is 53.2 Å². The predicted octanol–water partition coefficient (Wildman–Crippen LogP) is 2.70. The van der Waals surface area contributed by atoms with Gasteiger partial charge in [0.2, 0.25) is 0 Å². The summed E-state index contributed by atoms with van der Waals surface area (Å²) in [6.45, 7) is 0. The predicted molar refractivity (Wildman–Crippen MR) is 75.0 cm³/mol. The monoisotopic (exact) mass is 242 g/mol. The third kappa shape index (κ3) is 3.00. The third-order valence-electron chi connectivity index (χ3n) is 2.91. The molecule has 0 saturated carbocycles. The molecule has 94 valence electrons. The second-order valence-corrected chi connectivity index (χ2v) is 4.15. The van der Waals surface area contributed by atoms with Crippen LogP contribution in [0.2, 0.25) is 0 Å². The number of hydrogen-bond acceptors (Lipinski definition) is 3. The normalized spacial score (nSPS) is 14.6. The van der Waals surface area contributed by atoms with Crippen molar-refractivity contribution in [3.63, 3.8) is 0 Å². The highest BCUT2D eigenvalue weighted by atomic mass is 16.5. The van der Waals surface area contributed by atoms with Crippen LogP contribution in [0.3, 0.4) is 0 Å². The summed E-state index contributed by atoms with van der Waals surface area (Å²) in [6.07, 6.45) is 7.87. The molecule has 0 radical (unpaired) electrons. The Morgan fingerprint density at radius 2 is 2.17 bits per heavy atom. The first-order valence-corrected chi connectivity index (χ1v) is 6.05. The minimum absolute atomic E-state index is 0.870. The van der Waals surface area contributed by atoms with E-state index in [9.17, 15) is 0 Å². The van der Waals surface area contributed by atoms with E-state index in [-0.39, 0.29) is 0 Å². The first kappa shape index (κ1) is 12.4. The van der Waals surface area contributed by atoms with Gasteiger partial charge in [-0.25, -0.2) is 4.99 Å². The Morgan fingerprint density at radius 1 is 1.33 bits per heavy atom. The third-order valence-corrected chi connectivity index (χ3v) is 2.91. The first-order valence-electron chi connectivity index (χ1n) is 6.05. The zero-order valence-electron chi connectivity index (χ0n) is 10.8. The van der Waals surface area contributed by atoms with Gasteiger partial charge in [-0.1, -0.05) is 24.3 Å². The van der Waals surface area contributed by atoms with E-state index < -0.39 is 0 Å². The lowest BCUT2D eigenvalue weighted by atomic mass is 10.0. The number of methoxy groups -OCH3 is 1. The number of hydrogen-bond donors (Lipinski definition) is 1. The first-order chi connectivity index (χ1) is 8.83. The van der Waals surface area contributed by atoms with Gasteiger partial charge in [0.05, 0.1) is 7.11 Å². The molecule has 0 spiro atoms. The summed E-state index contributed by atoms with van der Waals surface area (Å²) in [5, 5.41) is 3.04. The van der Waals surface area contributed by atoms with Crippen LogP contribution >= 0.6 is 0 Å². The molecular formula is C15H18N2O. The molecular weight excluding hydrogens is 224 g/mol. The molecule has 0 aromatic heterocycles. The Labute approximate surface area is 108 Å². The summed E-state index contributed by atoms with van der Waals surface area (Å²) in [5.41, 5.74) is 2.48. The van der Waals surface area contributed by atoms with Crippen molar-refractivity contribution in [2.24, 2.45) is 4.99 Å². The Balaban J connectivity index is 2.17. The fraction of sp³-hybridized carbons (Fsp3) is 0.267. The molecule has 0 fully saturated rings. The number of ether oxygens (including phenoxy) is 1. The van der Waals surface area contributed by atoms with Gasteiger partial charge in [-0.15, -0.1) is 0 Å². The number of nitrogens with zero attached hydrogens (tertiary/aromatic N) is 1. The van der Waals surface area contributed by atoms with Crippen LogP contribution in [0.1, 0.15) is 12.0 Å². The molecule has 0 atom stereocenters. The highest BCUT2D eigenvalue weighted by Crippen LogP contribution is 2.22. The van der Waals surface area contributed by atoms with Crippen molar-refractivity contribution in [3.05, 3.63) is 53.8 Å². The number of amidine groups is 1. The average Bonchev–Trinajstić information content (AvgIpc) is 2.64. The van der Waals surface area contributed by atoms with Crippen molar-refractivity contribution < 1.29 is 4.74 Å². The molecule has 0 bridgehead atoms. The number of benzene rings is 1. The van der Waals surface area contributed by atoms with E-state index in [0.717, 1.165) is 24.4 Å². The number of allylic oxidation sites excluding steroid dienone is 2. The minimum atomic E-state index is 0.870. The van der Waals surface area contributed by atoms with E-state index in [4.69, 9.17) is 4.74 Å². The lowest BCUT2D eigenvalue weighted by Gasteiger charge is -2.08. The van der Waals surface area contributed by atoms with Crippen LogP contribution in [-0.2, 0) is 6.42 Å². The van der Waals surface area contributed by atoms with Crippen LogP contribution in [-0.4, -0.2) is 20.0 Å². The van der Waals surface area contributed by atoms with Crippen molar-refractivity contribution in [2.75, 3.05) is 14.2 Å². The van der Waals surface area contributed by atoms with Crippen LogP contribution in [0.4, 0.5) is 0 Å². The van der Waals surface area contributed by atoms with Gasteiger partial charge >= 0.3 is 0 Å². The number of aliphatic imine (C=N–C) groups is 1. The minimum Gasteiger partial charge on any atom is -0.496 e. The molecule has 1 heterocycles. The SMILES string of the molecule is CNC1=NC=C(Cc2ccccc2OC)CC=C1. The molecule has 0 unspecified atom stereocenters. The Bertz CT molecular complexity index is 501. The van der Waals surface area contributed by atoms with Gasteiger partial charge in [-0.05, 0) is 36.1 Å². The maximum absolute atomic E-state index is 5.37. The Morgan fingerprint density at radius 3 is 2.94 bits per heavy atom. The highest BCUT2D eigenvalue weighted by molar-refractivity contribution is 5.93. The van der Waals surface area contributed by atoms with Gasteiger partial charge < -0.3 is 10.1 Å². The lowest BCUT2D eigenvalue weighted by molar-refractivity contribution is 0.410. The Kier molecular flexibility index (Phi) is 4.18. The molecule has 1 N–H and O–H groups in total. The van der Waals surface area contributed by atoms with Crippen molar-refractivity contribution >= 4 is 5.84 Å².